The number of carbonyl (C=O) groups is 1. The first-order valence-corrected chi connectivity index (χ1v) is 9.17. The highest BCUT2D eigenvalue weighted by molar-refractivity contribution is 6.02. The molecule has 0 saturated heterocycles. The molecule has 7 heteroatoms. The number of carbonyl (C=O) groups excluding carboxylic acids is 1. The molecule has 2 N–H and O–H groups in total. The molecule has 1 amide bonds. The predicted octanol–water partition coefficient (Wildman–Crippen LogP) is 3.07. The monoisotopic (exact) mass is 389 g/mol. The fourth-order valence-electron chi connectivity index (χ4n) is 3.74. The molecular formula is C22H20FN5O. The molecule has 6 nitrogen and oxygen atoms in total. The van der Waals surface area contributed by atoms with Crippen molar-refractivity contribution in [2.45, 2.75) is 18.4 Å². The lowest BCUT2D eigenvalue weighted by Crippen LogP contribution is -2.52. The lowest BCUT2D eigenvalue weighted by molar-refractivity contribution is -0.130. The highest BCUT2D eigenvalue weighted by Crippen LogP contribution is 2.44. The van der Waals surface area contributed by atoms with E-state index in [1.807, 2.05) is 37.3 Å². The van der Waals surface area contributed by atoms with Gasteiger partial charge in [-0.3, -0.25) is 14.7 Å². The molecule has 3 heterocycles. The molecule has 0 aliphatic carbocycles. The third-order valence-electron chi connectivity index (χ3n) is 5.34. The van der Waals surface area contributed by atoms with Crippen molar-refractivity contribution in [1.82, 2.24) is 14.9 Å². The molecule has 2 aromatic heterocycles. The first-order chi connectivity index (χ1) is 13.9. The zero-order valence-electron chi connectivity index (χ0n) is 16.1. The number of halogens is 1. The second kappa shape index (κ2) is 7.09. The quantitative estimate of drug-likeness (QED) is 0.698. The van der Waals surface area contributed by atoms with Gasteiger partial charge >= 0.3 is 0 Å². The summed E-state index contributed by atoms with van der Waals surface area (Å²) < 4.78 is 14.2. The number of guanidine groups is 1. The average molecular weight is 389 g/mol. The van der Waals surface area contributed by atoms with Crippen molar-refractivity contribution in [2.24, 2.45) is 10.7 Å². The molecule has 0 spiro atoms. The van der Waals surface area contributed by atoms with E-state index in [1.165, 1.54) is 11.1 Å². The lowest BCUT2D eigenvalue weighted by Gasteiger charge is -2.41. The van der Waals surface area contributed by atoms with Crippen LogP contribution < -0.4 is 5.73 Å². The van der Waals surface area contributed by atoms with Gasteiger partial charge in [0.2, 0.25) is 11.9 Å². The Labute approximate surface area is 167 Å². The Morgan fingerprint density at radius 3 is 2.55 bits per heavy atom. The minimum atomic E-state index is -0.981. The lowest BCUT2D eigenvalue weighted by atomic mass is 9.74. The summed E-state index contributed by atoms with van der Waals surface area (Å²) in [5.41, 5.74) is 7.32. The number of nitrogens with two attached hydrogens (primary N) is 1. The van der Waals surface area contributed by atoms with E-state index < -0.39 is 17.4 Å². The highest BCUT2D eigenvalue weighted by Gasteiger charge is 2.47. The van der Waals surface area contributed by atoms with Gasteiger partial charge in [-0.2, -0.15) is 4.39 Å². The van der Waals surface area contributed by atoms with Crippen molar-refractivity contribution in [3.05, 3.63) is 84.1 Å². The topological polar surface area (TPSA) is 84.5 Å². The largest absolute Gasteiger partial charge is 0.369 e. The van der Waals surface area contributed by atoms with E-state index in [9.17, 15) is 9.18 Å². The van der Waals surface area contributed by atoms with Crippen molar-refractivity contribution < 1.29 is 9.18 Å². The minimum Gasteiger partial charge on any atom is -0.369 e. The number of aliphatic imine (C=N–C) groups is 1. The van der Waals surface area contributed by atoms with Gasteiger partial charge in [0.1, 0.15) is 5.54 Å². The molecule has 0 fully saturated rings. The van der Waals surface area contributed by atoms with Crippen LogP contribution in [-0.4, -0.2) is 33.8 Å². The van der Waals surface area contributed by atoms with Crippen LogP contribution in [0.25, 0.3) is 11.3 Å². The first-order valence-electron chi connectivity index (χ1n) is 9.17. The van der Waals surface area contributed by atoms with Crippen LogP contribution in [0.1, 0.15) is 24.0 Å². The summed E-state index contributed by atoms with van der Waals surface area (Å²) in [5.74, 6) is -1.22. The number of aromatic nitrogens is 2. The van der Waals surface area contributed by atoms with E-state index in [0.29, 0.717) is 11.3 Å². The summed E-state index contributed by atoms with van der Waals surface area (Å²) in [7, 11) is 1.61. The van der Waals surface area contributed by atoms with Gasteiger partial charge in [-0.15, -0.1) is 0 Å². The Morgan fingerprint density at radius 2 is 1.83 bits per heavy atom. The molecule has 1 aliphatic heterocycles. The molecule has 146 valence electrons. The maximum absolute atomic E-state index is 14.2. The number of rotatable bonds is 3. The molecule has 4 rings (SSSR count). The molecular weight excluding hydrogens is 369 g/mol. The molecule has 0 unspecified atom stereocenters. The first kappa shape index (κ1) is 18.7. The number of hydrogen-bond acceptors (Lipinski definition) is 5. The van der Waals surface area contributed by atoms with Gasteiger partial charge in [-0.25, -0.2) is 9.98 Å². The number of hydrogen-bond donors (Lipinski definition) is 1. The average Bonchev–Trinajstić information content (AvgIpc) is 2.73. The second-order valence-corrected chi connectivity index (χ2v) is 7.13. The van der Waals surface area contributed by atoms with Gasteiger partial charge in [-0.1, -0.05) is 30.3 Å². The molecule has 0 saturated carbocycles. The number of nitrogens with zero attached hydrogens (tertiary/aromatic N) is 4. The van der Waals surface area contributed by atoms with Gasteiger partial charge in [0, 0.05) is 19.4 Å². The third kappa shape index (κ3) is 3.14. The Balaban J connectivity index is 1.90. The van der Waals surface area contributed by atoms with E-state index >= 15 is 0 Å². The van der Waals surface area contributed by atoms with Gasteiger partial charge in [-0.05, 0) is 42.3 Å². The summed E-state index contributed by atoms with van der Waals surface area (Å²) in [5, 5.41) is 0. The molecule has 0 bridgehead atoms. The van der Waals surface area contributed by atoms with E-state index in [0.717, 1.165) is 5.56 Å². The number of amides is 1. The van der Waals surface area contributed by atoms with E-state index in [4.69, 9.17) is 10.7 Å². The van der Waals surface area contributed by atoms with Crippen LogP contribution in [-0.2, 0) is 10.3 Å². The van der Waals surface area contributed by atoms with Gasteiger partial charge in [0.05, 0.1) is 17.2 Å². The van der Waals surface area contributed by atoms with Crippen LogP contribution in [0.2, 0.25) is 0 Å². The zero-order valence-corrected chi connectivity index (χ0v) is 16.1. The highest BCUT2D eigenvalue weighted by atomic mass is 19.1. The summed E-state index contributed by atoms with van der Waals surface area (Å²) in [6.45, 7) is 1.86. The molecule has 2 atom stereocenters. The second-order valence-electron chi connectivity index (χ2n) is 7.13. The van der Waals surface area contributed by atoms with Gasteiger partial charge < -0.3 is 5.73 Å². The third-order valence-corrected chi connectivity index (χ3v) is 5.34. The minimum absolute atomic E-state index is 0.135. The Hall–Kier alpha value is -3.61. The molecule has 1 aromatic carbocycles. The summed E-state index contributed by atoms with van der Waals surface area (Å²) in [4.78, 5) is 27.3. The van der Waals surface area contributed by atoms with Crippen LogP contribution in [0.3, 0.4) is 0 Å². The summed E-state index contributed by atoms with van der Waals surface area (Å²) >= 11 is 0. The number of likely N-dealkylation sites (N-methyl/N-ethyl adjacent to an activating group) is 1. The van der Waals surface area contributed by atoms with E-state index in [2.05, 4.69) is 9.97 Å². The maximum atomic E-state index is 14.2. The van der Waals surface area contributed by atoms with Crippen LogP contribution >= 0.6 is 0 Å². The number of benzene rings is 1. The molecule has 29 heavy (non-hydrogen) atoms. The van der Waals surface area contributed by atoms with Crippen LogP contribution in [0.5, 0.6) is 0 Å². The van der Waals surface area contributed by atoms with Crippen molar-refractivity contribution in [1.29, 1.82) is 0 Å². The molecule has 0 radical (unpaired) electrons. The Bertz CT molecular complexity index is 1100. The van der Waals surface area contributed by atoms with E-state index in [-0.39, 0.29) is 17.4 Å². The maximum Gasteiger partial charge on any atom is 0.239 e. The normalized spacial score (nSPS) is 21.8. The molecule has 3 aromatic rings. The fourth-order valence-corrected chi connectivity index (χ4v) is 3.74. The van der Waals surface area contributed by atoms with E-state index in [1.54, 1.807) is 37.5 Å². The van der Waals surface area contributed by atoms with Crippen LogP contribution in [0.4, 0.5) is 4.39 Å². The van der Waals surface area contributed by atoms with Crippen molar-refractivity contribution in [3.8, 4) is 11.3 Å². The van der Waals surface area contributed by atoms with Gasteiger partial charge in [0.15, 0.2) is 5.96 Å². The van der Waals surface area contributed by atoms with Crippen molar-refractivity contribution >= 4 is 11.9 Å². The van der Waals surface area contributed by atoms with Gasteiger partial charge in [0.25, 0.3) is 0 Å². The summed E-state index contributed by atoms with van der Waals surface area (Å²) in [6.07, 6.45) is 2.97. The van der Waals surface area contributed by atoms with Crippen molar-refractivity contribution in [2.75, 3.05) is 7.05 Å². The molecule has 1 aliphatic rings. The smallest absolute Gasteiger partial charge is 0.239 e. The number of pyridine rings is 2. The Morgan fingerprint density at radius 1 is 1.07 bits per heavy atom. The fraction of sp³-hybridized carbons (Fsp3) is 0.182. The van der Waals surface area contributed by atoms with Crippen molar-refractivity contribution in [3.63, 3.8) is 0 Å². The van der Waals surface area contributed by atoms with Crippen LogP contribution in [0, 0.1) is 5.95 Å². The van der Waals surface area contributed by atoms with Crippen LogP contribution in [0.15, 0.2) is 72.0 Å². The standard InChI is InChI=1S/C22H20FN5O/c1-22(15-10-12-25-17(13-15)16-9-6-11-26-19(16)23)18(14-7-4-3-5-8-14)20(29)28(2)21(24)27-22/h3-13,18H,1-2H3,(H2,24,27)/t18-,22+/m0/s1. The Kier molecular flexibility index (Phi) is 4.58. The SMILES string of the molecule is CN1C(=O)[C@H](c2ccccc2)[C@@](C)(c2ccnc(-c3cccnc3F)c2)N=C1N. The zero-order chi connectivity index (χ0) is 20.6. The predicted molar refractivity (Wildman–Crippen MR) is 108 cm³/mol. The summed E-state index contributed by atoms with van der Waals surface area (Å²) in [6, 6.07) is 16.2.